The molecule has 0 spiro atoms. The molecular formula is C15H17NO3S. The smallest absolute Gasteiger partial charge is 0.240 e. The van der Waals surface area contributed by atoms with Crippen LogP contribution in [0.1, 0.15) is 17.2 Å². The predicted molar refractivity (Wildman–Crippen MR) is 77.8 cm³/mol. The minimum atomic E-state index is -3.41. The number of aliphatic hydroxyl groups excluding tert-OH is 1. The average molecular weight is 291 g/mol. The quantitative estimate of drug-likeness (QED) is 0.884. The van der Waals surface area contributed by atoms with Crippen molar-refractivity contribution in [3.63, 3.8) is 0 Å². The van der Waals surface area contributed by atoms with Gasteiger partial charge in [0, 0.05) is 6.42 Å². The van der Waals surface area contributed by atoms with Gasteiger partial charge in [-0.2, -0.15) is 0 Å². The van der Waals surface area contributed by atoms with Crippen molar-refractivity contribution in [3.05, 3.63) is 65.7 Å². The van der Waals surface area contributed by atoms with Crippen LogP contribution in [0.25, 0.3) is 0 Å². The molecule has 2 aromatic rings. The summed E-state index contributed by atoms with van der Waals surface area (Å²) in [5.74, 6) is 0. The minimum Gasteiger partial charge on any atom is -0.388 e. The minimum absolute atomic E-state index is 0.220. The lowest BCUT2D eigenvalue weighted by molar-refractivity contribution is 0.178. The van der Waals surface area contributed by atoms with Gasteiger partial charge in [-0.05, 0) is 30.3 Å². The van der Waals surface area contributed by atoms with E-state index in [2.05, 4.69) is 4.72 Å². The lowest BCUT2D eigenvalue weighted by Crippen LogP contribution is -2.18. The largest absolute Gasteiger partial charge is 0.388 e. The first kappa shape index (κ1) is 14.7. The standard InChI is InChI=1S/C15H17NO3S/c1-16-20(18,19)14-9-7-12(8-10-14)11-15(17)13-5-3-2-4-6-13/h2-10,15-17H,11H2,1H3. The van der Waals surface area contributed by atoms with Gasteiger partial charge in [0.05, 0.1) is 11.0 Å². The number of hydrogen-bond donors (Lipinski definition) is 2. The van der Waals surface area contributed by atoms with Gasteiger partial charge in [0.2, 0.25) is 10.0 Å². The summed E-state index contributed by atoms with van der Waals surface area (Å²) in [7, 11) is -2.03. The van der Waals surface area contributed by atoms with Crippen LogP contribution in [-0.4, -0.2) is 20.6 Å². The topological polar surface area (TPSA) is 66.4 Å². The summed E-state index contributed by atoms with van der Waals surface area (Å²) in [4.78, 5) is 0.220. The van der Waals surface area contributed by atoms with Crippen molar-refractivity contribution in [2.24, 2.45) is 0 Å². The van der Waals surface area contributed by atoms with Crippen LogP contribution in [-0.2, 0) is 16.4 Å². The van der Waals surface area contributed by atoms with E-state index in [1.165, 1.54) is 7.05 Å². The van der Waals surface area contributed by atoms with Gasteiger partial charge in [0.1, 0.15) is 0 Å². The van der Waals surface area contributed by atoms with E-state index < -0.39 is 16.1 Å². The molecule has 20 heavy (non-hydrogen) atoms. The summed E-state index contributed by atoms with van der Waals surface area (Å²) >= 11 is 0. The van der Waals surface area contributed by atoms with Crippen LogP contribution in [0.3, 0.4) is 0 Å². The van der Waals surface area contributed by atoms with Crippen LogP contribution in [0, 0.1) is 0 Å². The molecule has 0 aliphatic rings. The molecule has 1 atom stereocenters. The maximum atomic E-state index is 11.6. The molecule has 2 N–H and O–H groups in total. The summed E-state index contributed by atoms with van der Waals surface area (Å²) in [6.07, 6.45) is -0.146. The van der Waals surface area contributed by atoms with Crippen LogP contribution < -0.4 is 4.72 Å². The maximum Gasteiger partial charge on any atom is 0.240 e. The zero-order valence-corrected chi connectivity index (χ0v) is 12.0. The Hall–Kier alpha value is -1.69. The number of hydrogen-bond acceptors (Lipinski definition) is 3. The van der Waals surface area contributed by atoms with Crippen molar-refractivity contribution in [3.8, 4) is 0 Å². The summed E-state index contributed by atoms with van der Waals surface area (Å²) in [5.41, 5.74) is 1.73. The van der Waals surface area contributed by atoms with Crippen LogP contribution in [0.4, 0.5) is 0 Å². The molecule has 0 aromatic heterocycles. The first-order valence-corrected chi connectivity index (χ1v) is 7.77. The number of nitrogens with one attached hydrogen (secondary N) is 1. The van der Waals surface area contributed by atoms with E-state index in [4.69, 9.17) is 0 Å². The number of rotatable bonds is 5. The summed E-state index contributed by atoms with van der Waals surface area (Å²) < 4.78 is 25.5. The first-order chi connectivity index (χ1) is 9.53. The fraction of sp³-hybridized carbons (Fsp3) is 0.200. The monoisotopic (exact) mass is 291 g/mol. The van der Waals surface area contributed by atoms with Crippen molar-refractivity contribution in [1.82, 2.24) is 4.72 Å². The Balaban J connectivity index is 2.12. The molecule has 0 heterocycles. The molecule has 0 bridgehead atoms. The Morgan fingerprint density at radius 2 is 1.65 bits per heavy atom. The Kier molecular flexibility index (Phi) is 4.54. The molecule has 0 amide bonds. The van der Waals surface area contributed by atoms with E-state index in [-0.39, 0.29) is 4.90 Å². The second-order valence-corrected chi connectivity index (χ2v) is 6.37. The Morgan fingerprint density at radius 3 is 2.20 bits per heavy atom. The van der Waals surface area contributed by atoms with Gasteiger partial charge in [-0.15, -0.1) is 0 Å². The summed E-state index contributed by atoms with van der Waals surface area (Å²) in [5, 5.41) is 10.1. The van der Waals surface area contributed by atoms with E-state index >= 15 is 0 Å². The Labute approximate surface area is 119 Å². The van der Waals surface area contributed by atoms with Crippen LogP contribution >= 0.6 is 0 Å². The second kappa shape index (κ2) is 6.17. The van der Waals surface area contributed by atoms with Crippen LogP contribution in [0.5, 0.6) is 0 Å². The highest BCUT2D eigenvalue weighted by Gasteiger charge is 2.12. The molecule has 1 unspecified atom stereocenters. The van der Waals surface area contributed by atoms with Gasteiger partial charge in [-0.1, -0.05) is 42.5 Å². The molecule has 4 nitrogen and oxygen atoms in total. The highest BCUT2D eigenvalue weighted by Crippen LogP contribution is 2.19. The molecule has 5 heteroatoms. The Bertz CT molecular complexity index is 651. The molecule has 0 fully saturated rings. The lowest BCUT2D eigenvalue weighted by atomic mass is 10.0. The molecule has 0 saturated heterocycles. The lowest BCUT2D eigenvalue weighted by Gasteiger charge is -2.11. The summed E-state index contributed by atoms with van der Waals surface area (Å²) in [6, 6.07) is 15.9. The van der Waals surface area contributed by atoms with Gasteiger partial charge in [-0.25, -0.2) is 13.1 Å². The summed E-state index contributed by atoms with van der Waals surface area (Å²) in [6.45, 7) is 0. The first-order valence-electron chi connectivity index (χ1n) is 6.28. The zero-order chi connectivity index (χ0) is 14.6. The highest BCUT2D eigenvalue weighted by molar-refractivity contribution is 7.89. The van der Waals surface area contributed by atoms with E-state index in [0.717, 1.165) is 11.1 Å². The van der Waals surface area contributed by atoms with Crippen molar-refractivity contribution in [2.75, 3.05) is 7.05 Å². The molecule has 0 aliphatic carbocycles. The van der Waals surface area contributed by atoms with Gasteiger partial charge >= 0.3 is 0 Å². The van der Waals surface area contributed by atoms with E-state index in [1.54, 1.807) is 24.3 Å². The Morgan fingerprint density at radius 1 is 1.05 bits per heavy atom. The predicted octanol–water partition coefficient (Wildman–Crippen LogP) is 1.87. The molecule has 2 aromatic carbocycles. The van der Waals surface area contributed by atoms with Crippen molar-refractivity contribution in [2.45, 2.75) is 17.4 Å². The molecular weight excluding hydrogens is 274 g/mol. The van der Waals surface area contributed by atoms with Crippen molar-refractivity contribution in [1.29, 1.82) is 0 Å². The maximum absolute atomic E-state index is 11.6. The SMILES string of the molecule is CNS(=O)(=O)c1ccc(CC(O)c2ccccc2)cc1. The van der Waals surface area contributed by atoms with Gasteiger partial charge in [0.15, 0.2) is 0 Å². The van der Waals surface area contributed by atoms with Gasteiger partial charge in [0.25, 0.3) is 0 Å². The van der Waals surface area contributed by atoms with Crippen molar-refractivity contribution >= 4 is 10.0 Å². The third-order valence-electron chi connectivity index (χ3n) is 3.12. The second-order valence-electron chi connectivity index (χ2n) is 4.48. The molecule has 0 saturated carbocycles. The number of benzene rings is 2. The van der Waals surface area contributed by atoms with E-state index in [0.29, 0.717) is 6.42 Å². The van der Waals surface area contributed by atoms with Gasteiger partial charge < -0.3 is 5.11 Å². The van der Waals surface area contributed by atoms with Crippen LogP contribution in [0.15, 0.2) is 59.5 Å². The molecule has 106 valence electrons. The fourth-order valence-electron chi connectivity index (χ4n) is 1.94. The number of aliphatic hydroxyl groups is 1. The average Bonchev–Trinajstić information content (AvgIpc) is 2.48. The van der Waals surface area contributed by atoms with E-state index in [9.17, 15) is 13.5 Å². The number of sulfonamides is 1. The van der Waals surface area contributed by atoms with Crippen LogP contribution in [0.2, 0.25) is 0 Å². The van der Waals surface area contributed by atoms with Gasteiger partial charge in [-0.3, -0.25) is 0 Å². The molecule has 0 aliphatic heterocycles. The molecule has 2 rings (SSSR count). The zero-order valence-electron chi connectivity index (χ0n) is 11.2. The third kappa shape index (κ3) is 3.45. The fourth-order valence-corrected chi connectivity index (χ4v) is 2.67. The highest BCUT2D eigenvalue weighted by atomic mass is 32.2. The normalized spacial score (nSPS) is 13.1. The van der Waals surface area contributed by atoms with E-state index in [1.807, 2.05) is 30.3 Å². The van der Waals surface area contributed by atoms with Crippen molar-refractivity contribution < 1.29 is 13.5 Å². The third-order valence-corrected chi connectivity index (χ3v) is 4.55. The molecule has 0 radical (unpaired) electrons.